The van der Waals surface area contributed by atoms with Crippen LogP contribution in [0.5, 0.6) is 0 Å². The lowest BCUT2D eigenvalue weighted by atomic mass is 9.78. The Kier molecular flexibility index (Phi) is 5.37. The highest BCUT2D eigenvalue weighted by molar-refractivity contribution is 5.94. The number of primary amides is 1. The maximum Gasteiger partial charge on any atom is 0.262 e. The van der Waals surface area contributed by atoms with Crippen molar-refractivity contribution in [1.29, 1.82) is 0 Å². The summed E-state index contributed by atoms with van der Waals surface area (Å²) in [5.41, 5.74) is 4.53. The summed E-state index contributed by atoms with van der Waals surface area (Å²) in [4.78, 5) is 33.5. The molecule has 3 heterocycles. The van der Waals surface area contributed by atoms with E-state index in [9.17, 15) is 14.7 Å². The van der Waals surface area contributed by atoms with E-state index in [0.717, 1.165) is 19.3 Å². The minimum absolute atomic E-state index is 0.144. The number of nitrogens with one attached hydrogen (secondary N) is 2. The van der Waals surface area contributed by atoms with Crippen molar-refractivity contribution in [2.45, 2.75) is 57.7 Å². The van der Waals surface area contributed by atoms with Gasteiger partial charge in [-0.3, -0.25) is 9.59 Å². The summed E-state index contributed by atoms with van der Waals surface area (Å²) in [5.74, 6) is 0.903. The summed E-state index contributed by atoms with van der Waals surface area (Å²) < 4.78 is 1.29. The molecular formula is C23H28N6O3. The highest BCUT2D eigenvalue weighted by atomic mass is 16.3. The largest absolute Gasteiger partial charge is 0.386 e. The first-order valence-corrected chi connectivity index (χ1v) is 10.6. The zero-order valence-corrected chi connectivity index (χ0v) is 18.5. The molecule has 5 N–H and O–H groups in total. The van der Waals surface area contributed by atoms with E-state index in [2.05, 4.69) is 27.5 Å². The van der Waals surface area contributed by atoms with Crippen LogP contribution in [0, 0.1) is 0 Å². The first-order valence-electron chi connectivity index (χ1n) is 10.6. The van der Waals surface area contributed by atoms with Gasteiger partial charge in [-0.15, -0.1) is 0 Å². The summed E-state index contributed by atoms with van der Waals surface area (Å²) in [6.07, 6.45) is 6.24. The van der Waals surface area contributed by atoms with Crippen LogP contribution in [0.1, 0.15) is 45.6 Å². The molecule has 0 saturated heterocycles. The molecule has 4 rings (SSSR count). The quantitative estimate of drug-likeness (QED) is 0.447. The molecule has 3 aromatic heterocycles. The number of nitrogens with zero attached hydrogens (tertiary/aromatic N) is 3. The predicted molar refractivity (Wildman–Crippen MR) is 124 cm³/mol. The summed E-state index contributed by atoms with van der Waals surface area (Å²) >= 11 is 0. The molecule has 0 unspecified atom stereocenters. The average molecular weight is 437 g/mol. The number of hydrogen-bond acceptors (Lipinski definition) is 7. The zero-order chi connectivity index (χ0) is 23.1. The Morgan fingerprint density at radius 1 is 1.28 bits per heavy atom. The van der Waals surface area contributed by atoms with Crippen LogP contribution in [0.4, 0.5) is 17.5 Å². The molecule has 0 aromatic carbocycles. The highest BCUT2D eigenvalue weighted by Gasteiger charge is 2.33. The second-order valence-corrected chi connectivity index (χ2v) is 9.19. The normalized spacial score (nSPS) is 15.2. The molecule has 0 aliphatic heterocycles. The Morgan fingerprint density at radius 3 is 2.66 bits per heavy atom. The molecule has 0 bridgehead atoms. The van der Waals surface area contributed by atoms with Crippen molar-refractivity contribution < 1.29 is 9.90 Å². The van der Waals surface area contributed by atoms with Crippen molar-refractivity contribution in [3.05, 3.63) is 52.6 Å². The first-order chi connectivity index (χ1) is 15.0. The van der Waals surface area contributed by atoms with E-state index in [0.29, 0.717) is 33.8 Å². The third-order valence-electron chi connectivity index (χ3n) is 5.88. The number of rotatable bonds is 7. The highest BCUT2D eigenvalue weighted by Crippen LogP contribution is 2.36. The molecule has 168 valence electrons. The Balaban J connectivity index is 1.79. The molecule has 0 radical (unpaired) electrons. The lowest BCUT2D eigenvalue weighted by Gasteiger charge is -2.39. The van der Waals surface area contributed by atoms with E-state index < -0.39 is 11.5 Å². The minimum Gasteiger partial charge on any atom is -0.386 e. The number of aromatic nitrogens is 3. The fourth-order valence-corrected chi connectivity index (χ4v) is 3.88. The van der Waals surface area contributed by atoms with Crippen molar-refractivity contribution in [1.82, 2.24) is 14.5 Å². The van der Waals surface area contributed by atoms with E-state index in [-0.39, 0.29) is 17.6 Å². The van der Waals surface area contributed by atoms with Crippen molar-refractivity contribution in [3.63, 3.8) is 0 Å². The Hall–Kier alpha value is -3.46. The molecule has 1 fully saturated rings. The maximum atomic E-state index is 13.1. The molecule has 9 heteroatoms. The van der Waals surface area contributed by atoms with Crippen molar-refractivity contribution in [2.75, 3.05) is 10.6 Å². The van der Waals surface area contributed by atoms with Gasteiger partial charge in [0.2, 0.25) is 5.91 Å². The second kappa shape index (κ2) is 7.90. The topological polar surface area (TPSA) is 135 Å². The summed E-state index contributed by atoms with van der Waals surface area (Å²) in [7, 11) is 0. The standard InChI is InChI=1S/C23H28N6O3/c1-22(2,32)15-5-9-25-17(12-15)26-18-11-14-6-10-29(13-16(24)30)21(31)19(14)20(27-18)28-23(3)7-4-8-23/h5-6,9-12,32H,4,7-8,13H2,1-3H3,(H2,24,30)(H2,25,26,27,28). The van der Waals surface area contributed by atoms with Crippen LogP contribution in [0.15, 0.2) is 41.5 Å². The number of fused-ring (bicyclic) bond motifs is 1. The van der Waals surface area contributed by atoms with Gasteiger partial charge in [0, 0.05) is 17.9 Å². The monoisotopic (exact) mass is 436 g/mol. The molecule has 1 aliphatic carbocycles. The van der Waals surface area contributed by atoms with Crippen LogP contribution in [-0.4, -0.2) is 31.1 Å². The van der Waals surface area contributed by atoms with Gasteiger partial charge in [0.25, 0.3) is 5.56 Å². The van der Waals surface area contributed by atoms with E-state index in [1.54, 1.807) is 50.5 Å². The molecule has 0 atom stereocenters. The van der Waals surface area contributed by atoms with Crippen molar-refractivity contribution in [2.24, 2.45) is 5.73 Å². The molecule has 32 heavy (non-hydrogen) atoms. The second-order valence-electron chi connectivity index (χ2n) is 9.19. The minimum atomic E-state index is -1.01. The molecule has 1 aliphatic rings. The fraction of sp³-hybridized carbons (Fsp3) is 0.391. The summed E-state index contributed by atoms with van der Waals surface area (Å²) in [6.45, 7) is 5.32. The number of hydrogen-bond donors (Lipinski definition) is 4. The van der Waals surface area contributed by atoms with Crippen molar-refractivity contribution in [3.8, 4) is 0 Å². The van der Waals surface area contributed by atoms with Gasteiger partial charge in [0.1, 0.15) is 24.0 Å². The van der Waals surface area contributed by atoms with Gasteiger partial charge in [0.05, 0.1) is 11.0 Å². The van der Waals surface area contributed by atoms with Gasteiger partial charge >= 0.3 is 0 Å². The van der Waals surface area contributed by atoms with E-state index >= 15 is 0 Å². The predicted octanol–water partition coefficient (Wildman–Crippen LogP) is 2.60. The fourth-order valence-electron chi connectivity index (χ4n) is 3.88. The zero-order valence-electron chi connectivity index (χ0n) is 18.5. The van der Waals surface area contributed by atoms with Crippen LogP contribution in [0.3, 0.4) is 0 Å². The van der Waals surface area contributed by atoms with Crippen molar-refractivity contribution >= 4 is 34.1 Å². The average Bonchev–Trinajstić information content (AvgIpc) is 2.68. The molecular weight excluding hydrogens is 408 g/mol. The summed E-state index contributed by atoms with van der Waals surface area (Å²) in [5, 5.41) is 18.0. The lowest BCUT2D eigenvalue weighted by molar-refractivity contribution is -0.118. The number of anilines is 3. The van der Waals surface area contributed by atoms with Gasteiger partial charge in [-0.05, 0) is 75.2 Å². The van der Waals surface area contributed by atoms with E-state index in [1.165, 1.54) is 4.57 Å². The van der Waals surface area contributed by atoms with Gasteiger partial charge in [-0.25, -0.2) is 9.97 Å². The number of nitrogens with two attached hydrogens (primary N) is 1. The van der Waals surface area contributed by atoms with Crippen LogP contribution in [0.2, 0.25) is 0 Å². The Labute approximate surface area is 185 Å². The third-order valence-corrected chi connectivity index (χ3v) is 5.88. The first kappa shape index (κ1) is 21.8. The summed E-state index contributed by atoms with van der Waals surface area (Å²) in [6, 6.07) is 7.04. The van der Waals surface area contributed by atoms with Crippen LogP contribution in [-0.2, 0) is 16.9 Å². The van der Waals surface area contributed by atoms with E-state index in [4.69, 9.17) is 5.73 Å². The molecule has 9 nitrogen and oxygen atoms in total. The number of aliphatic hydroxyl groups is 1. The van der Waals surface area contributed by atoms with Crippen LogP contribution in [0.25, 0.3) is 10.8 Å². The third kappa shape index (κ3) is 4.43. The van der Waals surface area contributed by atoms with Crippen LogP contribution < -0.4 is 21.9 Å². The lowest BCUT2D eigenvalue weighted by Crippen LogP contribution is -2.42. The molecule has 3 aromatic rings. The van der Waals surface area contributed by atoms with Gasteiger partial charge in [0.15, 0.2) is 0 Å². The molecule has 1 amide bonds. The Morgan fingerprint density at radius 2 is 2.03 bits per heavy atom. The molecule has 0 spiro atoms. The van der Waals surface area contributed by atoms with Crippen LogP contribution >= 0.6 is 0 Å². The SMILES string of the molecule is CC1(Nc2nc(Nc3cc(C(C)(C)O)ccn3)cc3ccn(CC(N)=O)c(=O)c23)CCC1. The number of pyridine rings is 3. The number of carbonyl (C=O) groups is 1. The van der Waals surface area contributed by atoms with Gasteiger partial charge < -0.3 is 26.0 Å². The van der Waals surface area contributed by atoms with E-state index in [1.807, 2.05) is 0 Å². The maximum absolute atomic E-state index is 13.1. The number of carbonyl (C=O) groups excluding carboxylic acids is 1. The molecule has 1 saturated carbocycles. The van der Waals surface area contributed by atoms with Gasteiger partial charge in [-0.2, -0.15) is 0 Å². The van der Waals surface area contributed by atoms with Gasteiger partial charge in [-0.1, -0.05) is 0 Å². The smallest absolute Gasteiger partial charge is 0.262 e. The Bertz CT molecular complexity index is 1240. The number of amides is 1.